The molecule has 15 N–H and O–H groups in total. The van der Waals surface area contributed by atoms with Crippen LogP contribution in [0.25, 0.3) is 0 Å². The van der Waals surface area contributed by atoms with E-state index in [0.29, 0.717) is 0 Å². The number of hydrogen-bond acceptors (Lipinski definition) is 15. The molecule has 0 spiro atoms. The van der Waals surface area contributed by atoms with Crippen LogP contribution >= 0.6 is 0 Å². The highest BCUT2D eigenvalue weighted by Crippen LogP contribution is 2.31. The fraction of sp³-hybridized carbons (Fsp3) is 1.00. The minimum absolute atomic E-state index is 0.0849. The van der Waals surface area contributed by atoms with Gasteiger partial charge in [0.1, 0.15) is 61.0 Å². The van der Waals surface area contributed by atoms with Crippen LogP contribution in [0.4, 0.5) is 0 Å². The molecule has 0 aromatic heterocycles. The zero-order valence-corrected chi connectivity index (χ0v) is 17.9. The molecule has 3 aliphatic rings. The number of rotatable bonds is 6. The maximum Gasteiger partial charge on any atom is 0.187 e. The van der Waals surface area contributed by atoms with E-state index in [1.54, 1.807) is 0 Å². The summed E-state index contributed by atoms with van der Waals surface area (Å²) >= 11 is 0. The molecule has 0 amide bonds. The van der Waals surface area contributed by atoms with Crippen molar-refractivity contribution < 1.29 is 54.7 Å². The molecular weight excluding hydrogens is 448 g/mol. The Morgan fingerprint density at radius 2 is 1.18 bits per heavy atom. The zero-order valence-electron chi connectivity index (χ0n) is 17.9. The number of ether oxygens (including phenoxy) is 4. The topological polar surface area (TPSA) is 283 Å². The monoisotopic (exact) mass is 484 g/mol. The first-order valence-electron chi connectivity index (χ1n) is 10.8. The van der Waals surface area contributed by atoms with Gasteiger partial charge in [0.2, 0.25) is 0 Å². The van der Waals surface area contributed by atoms with Crippen molar-refractivity contribution in [1.82, 2.24) is 0 Å². The summed E-state index contributed by atoms with van der Waals surface area (Å²) in [6.07, 6.45) is -16.5. The van der Waals surface area contributed by atoms with Gasteiger partial charge >= 0.3 is 0 Å². The standard InChI is InChI=1S/C18H36N4O11/c19-2-6-10(25)12(27)13(28)18(30-6)33-16-5(21)1-4(20)15(14(16)29)32-17-11(26)8(22)9(24)7(3-23)31-17/h4-18,23-29H,1-3,19-22H2/t4-,5+,6-,7-,8+,9+,10+,11+,12+,13+,14-,15+,16+,17+,18+/m0/s1. The molecule has 2 heterocycles. The van der Waals surface area contributed by atoms with Gasteiger partial charge in [-0.2, -0.15) is 0 Å². The summed E-state index contributed by atoms with van der Waals surface area (Å²) < 4.78 is 22.2. The molecule has 1 aliphatic carbocycles. The molecule has 0 radical (unpaired) electrons. The minimum Gasteiger partial charge on any atom is -0.394 e. The molecule has 0 bridgehead atoms. The molecule has 3 rings (SSSR count). The zero-order chi connectivity index (χ0) is 24.6. The lowest BCUT2D eigenvalue weighted by Crippen LogP contribution is -2.68. The Morgan fingerprint density at radius 1 is 0.667 bits per heavy atom. The predicted octanol–water partition coefficient (Wildman–Crippen LogP) is -7.29. The summed E-state index contributed by atoms with van der Waals surface area (Å²) in [6, 6.07) is -2.86. The van der Waals surface area contributed by atoms with Crippen molar-refractivity contribution in [3.05, 3.63) is 0 Å². The smallest absolute Gasteiger partial charge is 0.187 e. The third-order valence-electron chi connectivity index (χ3n) is 6.48. The predicted molar refractivity (Wildman–Crippen MR) is 108 cm³/mol. The summed E-state index contributed by atoms with van der Waals surface area (Å²) in [5.41, 5.74) is 23.5. The summed E-state index contributed by atoms with van der Waals surface area (Å²) in [7, 11) is 0. The molecular formula is C18H36N4O11. The van der Waals surface area contributed by atoms with Gasteiger partial charge in [0.25, 0.3) is 0 Å². The van der Waals surface area contributed by atoms with Crippen LogP contribution in [-0.4, -0.2) is 141 Å². The highest BCUT2D eigenvalue weighted by molar-refractivity contribution is 5.01. The second kappa shape index (κ2) is 11.0. The Bertz CT molecular complexity index is 584. The van der Waals surface area contributed by atoms with E-state index in [1.165, 1.54) is 0 Å². The van der Waals surface area contributed by atoms with Gasteiger partial charge in [-0.1, -0.05) is 0 Å². The minimum atomic E-state index is -1.66. The summed E-state index contributed by atoms with van der Waals surface area (Å²) in [6.45, 7) is -0.763. The van der Waals surface area contributed by atoms with Gasteiger partial charge in [0.05, 0.1) is 12.6 Å². The molecule has 2 aliphatic heterocycles. The van der Waals surface area contributed by atoms with Crippen molar-refractivity contribution in [3.8, 4) is 0 Å². The SMILES string of the molecule is NC[C@@H]1O[C@H](O[C@H]2[C@@H](O)[C@H](O[C@H]3O[C@@H](CO)[C@@H](O)[C@@H](N)[C@H]3O)[C@@H](N)C[C@H]2N)[C@H](O)[C@H](O)[C@@H]1O. The molecule has 0 aromatic rings. The first-order chi connectivity index (χ1) is 15.5. The van der Waals surface area contributed by atoms with Gasteiger partial charge in [0, 0.05) is 18.6 Å². The van der Waals surface area contributed by atoms with Crippen LogP contribution in [0.1, 0.15) is 6.42 Å². The second-order valence-electron chi connectivity index (χ2n) is 8.79. The number of aliphatic hydroxyl groups is 7. The average molecular weight is 485 g/mol. The fourth-order valence-corrected chi connectivity index (χ4v) is 4.40. The van der Waals surface area contributed by atoms with E-state index < -0.39 is 98.4 Å². The van der Waals surface area contributed by atoms with Crippen LogP contribution in [0.15, 0.2) is 0 Å². The van der Waals surface area contributed by atoms with Crippen LogP contribution < -0.4 is 22.9 Å². The van der Waals surface area contributed by atoms with Crippen LogP contribution in [0.5, 0.6) is 0 Å². The summed E-state index contributed by atoms with van der Waals surface area (Å²) in [4.78, 5) is 0. The van der Waals surface area contributed by atoms with Crippen molar-refractivity contribution in [2.45, 2.75) is 98.2 Å². The highest BCUT2D eigenvalue weighted by Gasteiger charge is 2.51. The first kappa shape index (κ1) is 27.0. The van der Waals surface area contributed by atoms with Crippen LogP contribution in [0.2, 0.25) is 0 Å². The molecule has 15 atom stereocenters. The van der Waals surface area contributed by atoms with Gasteiger partial charge in [-0.25, -0.2) is 0 Å². The molecule has 1 saturated carbocycles. The number of nitrogens with two attached hydrogens (primary N) is 4. The lowest BCUT2D eigenvalue weighted by molar-refractivity contribution is -0.332. The van der Waals surface area contributed by atoms with Crippen molar-refractivity contribution >= 4 is 0 Å². The maximum atomic E-state index is 10.9. The van der Waals surface area contributed by atoms with E-state index in [9.17, 15) is 35.7 Å². The Hall–Kier alpha value is -0.600. The highest BCUT2D eigenvalue weighted by atomic mass is 16.7. The van der Waals surface area contributed by atoms with E-state index in [1.807, 2.05) is 0 Å². The molecule has 15 nitrogen and oxygen atoms in total. The second-order valence-corrected chi connectivity index (χ2v) is 8.79. The van der Waals surface area contributed by atoms with Gasteiger partial charge in [-0.05, 0) is 6.42 Å². The summed E-state index contributed by atoms with van der Waals surface area (Å²) in [5.74, 6) is 0. The van der Waals surface area contributed by atoms with Crippen LogP contribution in [0.3, 0.4) is 0 Å². The molecule has 0 aromatic carbocycles. The Labute approximate surface area is 189 Å². The number of hydrogen-bond donors (Lipinski definition) is 11. The van der Waals surface area contributed by atoms with Gasteiger partial charge in [-0.15, -0.1) is 0 Å². The van der Waals surface area contributed by atoms with Crippen molar-refractivity contribution in [3.63, 3.8) is 0 Å². The Balaban J connectivity index is 1.72. The Morgan fingerprint density at radius 3 is 1.70 bits per heavy atom. The van der Waals surface area contributed by atoms with Crippen molar-refractivity contribution in [2.75, 3.05) is 13.2 Å². The van der Waals surface area contributed by atoms with E-state index >= 15 is 0 Å². The molecule has 3 fully saturated rings. The molecule has 2 saturated heterocycles. The van der Waals surface area contributed by atoms with Crippen molar-refractivity contribution in [1.29, 1.82) is 0 Å². The lowest BCUT2D eigenvalue weighted by atomic mass is 9.84. The summed E-state index contributed by atoms with van der Waals surface area (Å²) in [5, 5.41) is 70.9. The molecule has 0 unspecified atom stereocenters. The van der Waals surface area contributed by atoms with Gasteiger partial charge < -0.3 is 77.6 Å². The third-order valence-corrected chi connectivity index (χ3v) is 6.48. The van der Waals surface area contributed by atoms with Crippen LogP contribution in [0, 0.1) is 0 Å². The van der Waals surface area contributed by atoms with Crippen LogP contribution in [-0.2, 0) is 18.9 Å². The van der Waals surface area contributed by atoms with E-state index in [0.717, 1.165) is 0 Å². The van der Waals surface area contributed by atoms with E-state index in [4.69, 9.17) is 41.9 Å². The first-order valence-corrected chi connectivity index (χ1v) is 10.8. The lowest BCUT2D eigenvalue weighted by Gasteiger charge is -2.48. The van der Waals surface area contributed by atoms with Crippen molar-refractivity contribution in [2.24, 2.45) is 22.9 Å². The molecule has 194 valence electrons. The molecule has 33 heavy (non-hydrogen) atoms. The van der Waals surface area contributed by atoms with E-state index in [2.05, 4.69) is 0 Å². The van der Waals surface area contributed by atoms with Gasteiger partial charge in [0.15, 0.2) is 12.6 Å². The maximum absolute atomic E-state index is 10.9. The number of aliphatic hydroxyl groups excluding tert-OH is 7. The largest absolute Gasteiger partial charge is 0.394 e. The Kier molecular flexibility index (Phi) is 8.99. The van der Waals surface area contributed by atoms with E-state index in [-0.39, 0.29) is 13.0 Å². The average Bonchev–Trinajstić information content (AvgIpc) is 2.79. The fourth-order valence-electron chi connectivity index (χ4n) is 4.40. The quantitative estimate of drug-likeness (QED) is 0.167. The molecule has 15 heteroatoms. The normalized spacial score (nSPS) is 53.7. The third kappa shape index (κ3) is 5.32. The van der Waals surface area contributed by atoms with Gasteiger partial charge in [-0.3, -0.25) is 0 Å².